The molecule has 0 spiro atoms. The summed E-state index contributed by atoms with van der Waals surface area (Å²) in [4.78, 5) is 25.6. The first-order valence-electron chi connectivity index (χ1n) is 10.8. The highest BCUT2D eigenvalue weighted by atomic mass is 35.5. The lowest BCUT2D eigenvalue weighted by Gasteiger charge is -2.25. The molecule has 0 atom stereocenters. The predicted molar refractivity (Wildman–Crippen MR) is 135 cm³/mol. The van der Waals surface area contributed by atoms with Gasteiger partial charge in [-0.2, -0.15) is 0 Å². The van der Waals surface area contributed by atoms with Crippen molar-refractivity contribution in [2.75, 3.05) is 22.7 Å². The van der Waals surface area contributed by atoms with Gasteiger partial charge in [-0.1, -0.05) is 67.4 Å². The van der Waals surface area contributed by atoms with Crippen LogP contribution in [-0.2, 0) is 14.8 Å². The molecule has 0 aliphatic rings. The van der Waals surface area contributed by atoms with Gasteiger partial charge in [0.15, 0.2) is 0 Å². The van der Waals surface area contributed by atoms with Gasteiger partial charge in [0.1, 0.15) is 6.54 Å². The number of anilines is 2. The highest BCUT2D eigenvalue weighted by Gasteiger charge is 2.29. The van der Waals surface area contributed by atoms with Crippen molar-refractivity contribution >= 4 is 44.8 Å². The summed E-state index contributed by atoms with van der Waals surface area (Å²) >= 11 is 6.29. The third-order valence-corrected chi connectivity index (χ3v) is 7.09. The van der Waals surface area contributed by atoms with E-state index in [1.54, 1.807) is 60.7 Å². The van der Waals surface area contributed by atoms with Crippen LogP contribution in [0.25, 0.3) is 0 Å². The molecule has 2 N–H and O–H groups in total. The molecular weight excluding hydrogens is 474 g/mol. The second kappa shape index (κ2) is 11.7. The van der Waals surface area contributed by atoms with Crippen molar-refractivity contribution in [1.29, 1.82) is 0 Å². The normalized spacial score (nSPS) is 11.0. The largest absolute Gasteiger partial charge is 0.352 e. The summed E-state index contributed by atoms with van der Waals surface area (Å²) in [5.41, 5.74) is 0.758. The van der Waals surface area contributed by atoms with Crippen LogP contribution in [-0.4, -0.2) is 33.3 Å². The summed E-state index contributed by atoms with van der Waals surface area (Å²) in [6.45, 7) is 2.01. The molecule has 2 amide bonds. The van der Waals surface area contributed by atoms with Gasteiger partial charge < -0.3 is 10.6 Å². The minimum Gasteiger partial charge on any atom is -0.352 e. The minimum atomic E-state index is -4.10. The van der Waals surface area contributed by atoms with Crippen molar-refractivity contribution in [2.45, 2.75) is 24.7 Å². The third-order valence-electron chi connectivity index (χ3n) is 5.00. The maximum absolute atomic E-state index is 13.4. The highest BCUT2D eigenvalue weighted by molar-refractivity contribution is 7.92. The number of sulfonamides is 1. The van der Waals surface area contributed by atoms with Crippen LogP contribution in [0.2, 0.25) is 5.02 Å². The summed E-state index contributed by atoms with van der Waals surface area (Å²) in [5, 5.41) is 5.68. The van der Waals surface area contributed by atoms with Gasteiger partial charge in [0, 0.05) is 6.54 Å². The summed E-state index contributed by atoms with van der Waals surface area (Å²) in [6, 6.07) is 20.8. The molecule has 0 radical (unpaired) electrons. The van der Waals surface area contributed by atoms with E-state index in [9.17, 15) is 18.0 Å². The van der Waals surface area contributed by atoms with E-state index in [0.29, 0.717) is 12.1 Å². The molecular formula is C25H26ClN3O4S. The molecule has 0 saturated carbocycles. The molecule has 0 unspecified atom stereocenters. The molecule has 7 nitrogen and oxygen atoms in total. The smallest absolute Gasteiger partial charge is 0.264 e. The zero-order valence-corrected chi connectivity index (χ0v) is 20.3. The molecule has 3 aromatic carbocycles. The average Bonchev–Trinajstić information content (AvgIpc) is 2.84. The standard InChI is InChI=1S/C25H26ClN3O4S/c1-2-3-17-27-25(31)20-13-7-9-15-22(20)28-24(30)18-29(23-16-10-8-14-21(23)26)34(32,33)19-11-5-4-6-12-19/h4-16H,2-3,17-18H2,1H3,(H,27,31)(H,28,30). The summed E-state index contributed by atoms with van der Waals surface area (Å²) in [7, 11) is -4.10. The van der Waals surface area contributed by atoms with E-state index < -0.39 is 22.5 Å². The topological polar surface area (TPSA) is 95.6 Å². The molecule has 0 aliphatic heterocycles. The van der Waals surface area contributed by atoms with E-state index in [2.05, 4.69) is 10.6 Å². The van der Waals surface area contributed by atoms with Crippen molar-refractivity contribution in [3.63, 3.8) is 0 Å². The van der Waals surface area contributed by atoms with Gasteiger partial charge in [-0.05, 0) is 42.8 Å². The van der Waals surface area contributed by atoms with Gasteiger partial charge in [-0.25, -0.2) is 8.42 Å². The number of hydrogen-bond donors (Lipinski definition) is 2. The monoisotopic (exact) mass is 499 g/mol. The van der Waals surface area contributed by atoms with Gasteiger partial charge in [0.25, 0.3) is 15.9 Å². The zero-order valence-electron chi connectivity index (χ0n) is 18.7. The first kappa shape index (κ1) is 25.3. The molecule has 0 aromatic heterocycles. The number of carbonyl (C=O) groups is 2. The van der Waals surface area contributed by atoms with Crippen molar-refractivity contribution in [1.82, 2.24) is 5.32 Å². The van der Waals surface area contributed by atoms with Crippen molar-refractivity contribution in [3.05, 3.63) is 89.4 Å². The maximum atomic E-state index is 13.4. The number of hydrogen-bond acceptors (Lipinski definition) is 4. The van der Waals surface area contributed by atoms with Crippen LogP contribution in [0.15, 0.2) is 83.8 Å². The molecule has 3 aromatic rings. The molecule has 9 heteroatoms. The van der Waals surface area contributed by atoms with Gasteiger partial charge in [-0.3, -0.25) is 13.9 Å². The Morgan fingerprint density at radius 2 is 1.56 bits per heavy atom. The Labute approximate surface area is 204 Å². The van der Waals surface area contributed by atoms with E-state index >= 15 is 0 Å². The molecule has 3 rings (SSSR count). The Balaban J connectivity index is 1.88. The molecule has 0 heterocycles. The van der Waals surface area contributed by atoms with E-state index in [1.165, 1.54) is 18.2 Å². The number of nitrogens with zero attached hydrogens (tertiary/aromatic N) is 1. The number of para-hydroxylation sites is 2. The van der Waals surface area contributed by atoms with Crippen LogP contribution in [0.1, 0.15) is 30.1 Å². The number of halogens is 1. The molecule has 0 saturated heterocycles. The Morgan fingerprint density at radius 3 is 2.26 bits per heavy atom. The van der Waals surface area contributed by atoms with Crippen LogP contribution >= 0.6 is 11.6 Å². The van der Waals surface area contributed by atoms with E-state index in [0.717, 1.165) is 17.1 Å². The van der Waals surface area contributed by atoms with Crippen molar-refractivity contribution in [3.8, 4) is 0 Å². The summed E-state index contributed by atoms with van der Waals surface area (Å²) in [5.74, 6) is -0.933. The fourth-order valence-electron chi connectivity index (χ4n) is 3.26. The SMILES string of the molecule is CCCCNC(=O)c1ccccc1NC(=O)CN(c1ccccc1Cl)S(=O)(=O)c1ccccc1. The van der Waals surface area contributed by atoms with Crippen LogP contribution in [0, 0.1) is 0 Å². The van der Waals surface area contributed by atoms with Gasteiger partial charge in [0.05, 0.1) is 26.9 Å². The third kappa shape index (κ3) is 6.15. The van der Waals surface area contributed by atoms with Crippen LogP contribution < -0.4 is 14.9 Å². The second-order valence-corrected chi connectivity index (χ2v) is 9.75. The molecule has 0 bridgehead atoms. The Morgan fingerprint density at radius 1 is 0.912 bits per heavy atom. The predicted octanol–water partition coefficient (Wildman–Crippen LogP) is 4.70. The number of amides is 2. The lowest BCUT2D eigenvalue weighted by Crippen LogP contribution is -2.38. The first-order valence-corrected chi connectivity index (χ1v) is 12.7. The quantitative estimate of drug-likeness (QED) is 0.395. The number of nitrogens with one attached hydrogen (secondary N) is 2. The number of rotatable bonds is 10. The Kier molecular flexibility index (Phi) is 8.67. The summed E-state index contributed by atoms with van der Waals surface area (Å²) in [6.07, 6.45) is 1.77. The Hall–Kier alpha value is -3.36. The lowest BCUT2D eigenvalue weighted by atomic mass is 10.1. The van der Waals surface area contributed by atoms with Crippen molar-refractivity contribution in [2.24, 2.45) is 0 Å². The molecule has 178 valence electrons. The average molecular weight is 500 g/mol. The maximum Gasteiger partial charge on any atom is 0.264 e. The van der Waals surface area contributed by atoms with Gasteiger partial charge in [-0.15, -0.1) is 0 Å². The highest BCUT2D eigenvalue weighted by Crippen LogP contribution is 2.30. The Bertz CT molecular complexity index is 1250. The lowest BCUT2D eigenvalue weighted by molar-refractivity contribution is -0.114. The van der Waals surface area contributed by atoms with E-state index in [-0.39, 0.29) is 27.2 Å². The number of carbonyl (C=O) groups excluding carboxylic acids is 2. The molecule has 0 aliphatic carbocycles. The fraction of sp³-hybridized carbons (Fsp3) is 0.200. The number of unbranched alkanes of at least 4 members (excludes halogenated alkanes) is 1. The van der Waals surface area contributed by atoms with Crippen LogP contribution in [0.5, 0.6) is 0 Å². The first-order chi connectivity index (χ1) is 16.3. The second-order valence-electron chi connectivity index (χ2n) is 7.48. The fourth-order valence-corrected chi connectivity index (χ4v) is 5.01. The van der Waals surface area contributed by atoms with Gasteiger partial charge in [0.2, 0.25) is 5.91 Å². The van der Waals surface area contributed by atoms with Crippen molar-refractivity contribution < 1.29 is 18.0 Å². The minimum absolute atomic E-state index is 0.0263. The number of benzene rings is 3. The van der Waals surface area contributed by atoms with Crippen LogP contribution in [0.3, 0.4) is 0 Å². The molecule has 0 fully saturated rings. The van der Waals surface area contributed by atoms with Gasteiger partial charge >= 0.3 is 0 Å². The zero-order chi connectivity index (χ0) is 24.6. The summed E-state index contributed by atoms with van der Waals surface area (Å²) < 4.78 is 27.8. The molecule has 34 heavy (non-hydrogen) atoms. The van der Waals surface area contributed by atoms with E-state index in [1.807, 2.05) is 6.92 Å². The van der Waals surface area contributed by atoms with E-state index in [4.69, 9.17) is 11.6 Å². The van der Waals surface area contributed by atoms with Crippen LogP contribution in [0.4, 0.5) is 11.4 Å².